The number of halogens is 1. The molecule has 0 aliphatic rings. The first-order valence-corrected chi connectivity index (χ1v) is 10.5. The van der Waals surface area contributed by atoms with Crippen LogP contribution in [-0.2, 0) is 12.4 Å². The Balaban J connectivity index is 1.28. The van der Waals surface area contributed by atoms with Crippen LogP contribution in [0.4, 0.5) is 10.1 Å². The van der Waals surface area contributed by atoms with Gasteiger partial charge in [0.25, 0.3) is 5.91 Å². The lowest BCUT2D eigenvalue weighted by Crippen LogP contribution is -2.10. The van der Waals surface area contributed by atoms with Crippen molar-refractivity contribution in [1.29, 1.82) is 0 Å². The smallest absolute Gasteiger partial charge is 0.291 e. The number of nitrogens with zero attached hydrogens (tertiary/aromatic N) is 1. The number of carbonyl (C=O) groups is 1. The van der Waals surface area contributed by atoms with E-state index in [9.17, 15) is 9.18 Å². The van der Waals surface area contributed by atoms with E-state index in [2.05, 4.69) is 10.3 Å². The number of anilines is 1. The van der Waals surface area contributed by atoms with E-state index in [1.54, 1.807) is 30.1 Å². The second-order valence-electron chi connectivity index (χ2n) is 6.64. The minimum absolute atomic E-state index is 0.141. The van der Waals surface area contributed by atoms with E-state index in [0.717, 1.165) is 16.2 Å². The van der Waals surface area contributed by atoms with Gasteiger partial charge in [-0.15, -0.1) is 11.8 Å². The summed E-state index contributed by atoms with van der Waals surface area (Å²) in [6.07, 6.45) is 3.61. The lowest BCUT2D eigenvalue weighted by molar-refractivity contribution is 0.0992. The summed E-state index contributed by atoms with van der Waals surface area (Å²) in [7, 11) is 0. The molecule has 2 aromatic heterocycles. The van der Waals surface area contributed by atoms with Crippen molar-refractivity contribution < 1.29 is 18.3 Å². The van der Waals surface area contributed by atoms with Gasteiger partial charge in [-0.25, -0.2) is 4.39 Å². The molecule has 5 nitrogen and oxygen atoms in total. The molecule has 156 valence electrons. The van der Waals surface area contributed by atoms with Gasteiger partial charge in [0.15, 0.2) is 5.76 Å². The van der Waals surface area contributed by atoms with Gasteiger partial charge in [0, 0.05) is 28.7 Å². The Bertz CT molecular complexity index is 1130. The Morgan fingerprint density at radius 2 is 1.84 bits per heavy atom. The Morgan fingerprint density at radius 1 is 1.03 bits per heavy atom. The predicted molar refractivity (Wildman–Crippen MR) is 118 cm³/mol. The predicted octanol–water partition coefficient (Wildman–Crippen LogP) is 5.94. The monoisotopic (exact) mass is 434 g/mol. The van der Waals surface area contributed by atoms with Crippen LogP contribution in [0.25, 0.3) is 0 Å². The average Bonchev–Trinajstić information content (AvgIpc) is 3.28. The summed E-state index contributed by atoms with van der Waals surface area (Å²) >= 11 is 1.70. The van der Waals surface area contributed by atoms with Crippen LogP contribution in [0, 0.1) is 5.82 Å². The van der Waals surface area contributed by atoms with E-state index < -0.39 is 0 Å². The van der Waals surface area contributed by atoms with Crippen LogP contribution in [0.3, 0.4) is 0 Å². The maximum atomic E-state index is 12.9. The van der Waals surface area contributed by atoms with Crippen LogP contribution >= 0.6 is 11.8 Å². The van der Waals surface area contributed by atoms with E-state index in [1.165, 1.54) is 24.3 Å². The summed E-state index contributed by atoms with van der Waals surface area (Å²) in [5, 5.41) is 2.82. The molecule has 1 N–H and O–H groups in total. The molecule has 4 rings (SSSR count). The molecule has 0 bridgehead atoms. The molecule has 7 heteroatoms. The van der Waals surface area contributed by atoms with Crippen LogP contribution in [0.2, 0.25) is 0 Å². The molecule has 0 aliphatic carbocycles. The van der Waals surface area contributed by atoms with Crippen molar-refractivity contribution in [3.8, 4) is 5.75 Å². The molecule has 2 aromatic carbocycles. The number of thioether (sulfide) groups is 1. The highest BCUT2D eigenvalue weighted by atomic mass is 32.2. The maximum absolute atomic E-state index is 12.9. The Labute approximate surface area is 183 Å². The number of amides is 1. The van der Waals surface area contributed by atoms with Crippen LogP contribution in [0.1, 0.15) is 21.9 Å². The van der Waals surface area contributed by atoms with Gasteiger partial charge < -0.3 is 14.5 Å². The fourth-order valence-electron chi connectivity index (χ4n) is 2.74. The summed E-state index contributed by atoms with van der Waals surface area (Å²) in [6, 6.07) is 20.6. The maximum Gasteiger partial charge on any atom is 0.291 e. The molecule has 0 aliphatic heterocycles. The second-order valence-corrected chi connectivity index (χ2v) is 7.69. The van der Waals surface area contributed by atoms with E-state index >= 15 is 0 Å². The number of nitrogens with one attached hydrogen (secondary N) is 1. The molecule has 0 saturated heterocycles. The normalized spacial score (nSPS) is 10.6. The third-order valence-corrected chi connectivity index (χ3v) is 5.40. The second kappa shape index (κ2) is 9.95. The van der Waals surface area contributed by atoms with Gasteiger partial charge >= 0.3 is 0 Å². The summed E-state index contributed by atoms with van der Waals surface area (Å²) in [5.74, 6) is 1.36. The molecule has 0 spiro atoms. The number of rotatable bonds is 8. The quantitative estimate of drug-likeness (QED) is 0.348. The average molecular weight is 434 g/mol. The zero-order chi connectivity index (χ0) is 21.5. The van der Waals surface area contributed by atoms with Crippen LogP contribution in [0.15, 0.2) is 94.5 Å². The van der Waals surface area contributed by atoms with Crippen molar-refractivity contribution in [3.05, 3.63) is 108 Å². The van der Waals surface area contributed by atoms with Crippen LogP contribution in [-0.4, -0.2) is 10.9 Å². The molecule has 4 aromatic rings. The highest BCUT2D eigenvalue weighted by molar-refractivity contribution is 7.98. The number of furan rings is 1. The van der Waals surface area contributed by atoms with Crippen molar-refractivity contribution in [2.24, 2.45) is 0 Å². The first kappa shape index (κ1) is 20.7. The third-order valence-electron chi connectivity index (χ3n) is 4.32. The molecule has 0 fully saturated rings. The fourth-order valence-corrected chi connectivity index (χ4v) is 3.57. The van der Waals surface area contributed by atoms with E-state index in [4.69, 9.17) is 9.15 Å². The fraction of sp³-hybridized carbons (Fsp3) is 0.0833. The van der Waals surface area contributed by atoms with Gasteiger partial charge in [-0.1, -0.05) is 6.07 Å². The summed E-state index contributed by atoms with van der Waals surface area (Å²) in [4.78, 5) is 17.6. The molecule has 31 heavy (non-hydrogen) atoms. The first-order valence-electron chi connectivity index (χ1n) is 9.56. The van der Waals surface area contributed by atoms with Gasteiger partial charge in [-0.2, -0.15) is 0 Å². The highest BCUT2D eigenvalue weighted by Gasteiger charge is 2.12. The number of hydrogen-bond donors (Lipinski definition) is 1. The minimum atomic E-state index is -0.344. The molecule has 0 atom stereocenters. The van der Waals surface area contributed by atoms with E-state index in [1.807, 2.05) is 42.6 Å². The SMILES string of the molecule is O=C(Nc1ccc(SCc2cccnc2)cc1)c1ccc(COc2ccc(F)cc2)o1. The molecule has 1 amide bonds. The molecular weight excluding hydrogens is 415 g/mol. The third kappa shape index (κ3) is 5.96. The highest BCUT2D eigenvalue weighted by Crippen LogP contribution is 2.24. The molecule has 0 unspecified atom stereocenters. The van der Waals surface area contributed by atoms with Gasteiger partial charge in [-0.05, 0) is 72.3 Å². The van der Waals surface area contributed by atoms with Crippen molar-refractivity contribution in [2.45, 2.75) is 17.3 Å². The van der Waals surface area contributed by atoms with E-state index in [0.29, 0.717) is 17.2 Å². The minimum Gasteiger partial charge on any atom is -0.486 e. The number of pyridine rings is 1. The van der Waals surface area contributed by atoms with Crippen LogP contribution in [0.5, 0.6) is 5.75 Å². The van der Waals surface area contributed by atoms with E-state index in [-0.39, 0.29) is 24.1 Å². The van der Waals surface area contributed by atoms with Gasteiger partial charge in [0.2, 0.25) is 0 Å². The zero-order valence-electron chi connectivity index (χ0n) is 16.5. The largest absolute Gasteiger partial charge is 0.486 e. The summed E-state index contributed by atoms with van der Waals surface area (Å²) in [6.45, 7) is 0.141. The number of ether oxygens (including phenoxy) is 1. The van der Waals surface area contributed by atoms with Gasteiger partial charge in [-0.3, -0.25) is 9.78 Å². The lowest BCUT2D eigenvalue weighted by atomic mass is 10.3. The number of hydrogen-bond acceptors (Lipinski definition) is 5. The van der Waals surface area contributed by atoms with Crippen molar-refractivity contribution in [2.75, 3.05) is 5.32 Å². The van der Waals surface area contributed by atoms with Crippen molar-refractivity contribution in [1.82, 2.24) is 4.98 Å². The molecule has 0 saturated carbocycles. The number of carbonyl (C=O) groups excluding carboxylic acids is 1. The standard InChI is InChI=1S/C24H19FN2O3S/c25-18-3-7-20(8-4-18)29-15-21-9-12-23(30-21)24(28)27-19-5-10-22(11-6-19)31-16-17-2-1-13-26-14-17/h1-14H,15-16H2,(H,27,28). The summed E-state index contributed by atoms with van der Waals surface area (Å²) in [5.41, 5.74) is 1.83. The van der Waals surface area contributed by atoms with Crippen molar-refractivity contribution in [3.63, 3.8) is 0 Å². The first-order chi connectivity index (χ1) is 15.2. The molecule has 2 heterocycles. The number of aromatic nitrogens is 1. The Hall–Kier alpha value is -3.58. The topological polar surface area (TPSA) is 64.4 Å². The number of benzene rings is 2. The van der Waals surface area contributed by atoms with Crippen LogP contribution < -0.4 is 10.1 Å². The van der Waals surface area contributed by atoms with Crippen molar-refractivity contribution >= 4 is 23.4 Å². The van der Waals surface area contributed by atoms with Gasteiger partial charge in [0.1, 0.15) is 23.9 Å². The molecule has 0 radical (unpaired) electrons. The summed E-state index contributed by atoms with van der Waals surface area (Å²) < 4.78 is 24.0. The lowest BCUT2D eigenvalue weighted by Gasteiger charge is -2.06. The molecular formula is C24H19FN2O3S. The Kier molecular flexibility index (Phi) is 6.64. The zero-order valence-corrected chi connectivity index (χ0v) is 17.3. The van der Waals surface area contributed by atoms with Gasteiger partial charge in [0.05, 0.1) is 0 Å². The Morgan fingerprint density at radius 3 is 2.58 bits per heavy atom.